The zero-order valence-corrected chi connectivity index (χ0v) is 17.2. The van der Waals surface area contributed by atoms with Gasteiger partial charge in [0.15, 0.2) is 5.82 Å². The van der Waals surface area contributed by atoms with E-state index in [9.17, 15) is 9.59 Å². The SMILES string of the molecule is CNC(=O)c1cnc(-c2ccccc2)nc1CCNC(=O)Cc1c[nH]c2ccccc12. The number of amides is 2. The van der Waals surface area contributed by atoms with Gasteiger partial charge in [0.05, 0.1) is 17.7 Å². The van der Waals surface area contributed by atoms with Crippen LogP contribution in [0.2, 0.25) is 0 Å². The maximum atomic E-state index is 12.5. The van der Waals surface area contributed by atoms with Crippen LogP contribution >= 0.6 is 0 Å². The minimum Gasteiger partial charge on any atom is -0.361 e. The Hall–Kier alpha value is -4.00. The first kappa shape index (κ1) is 20.3. The number of aromatic nitrogens is 3. The fourth-order valence-corrected chi connectivity index (χ4v) is 3.49. The minimum absolute atomic E-state index is 0.0800. The van der Waals surface area contributed by atoms with E-state index < -0.39 is 0 Å². The lowest BCUT2D eigenvalue weighted by atomic mass is 10.1. The molecular weight excluding hydrogens is 390 g/mol. The second kappa shape index (κ2) is 9.21. The smallest absolute Gasteiger partial charge is 0.254 e. The molecule has 0 saturated carbocycles. The van der Waals surface area contributed by atoms with Crippen LogP contribution in [0.25, 0.3) is 22.3 Å². The maximum Gasteiger partial charge on any atom is 0.254 e. The molecule has 0 spiro atoms. The number of nitrogens with zero attached hydrogens (tertiary/aromatic N) is 2. The van der Waals surface area contributed by atoms with E-state index in [0.29, 0.717) is 30.0 Å². The number of fused-ring (bicyclic) bond motifs is 1. The Morgan fingerprint density at radius 2 is 1.81 bits per heavy atom. The number of benzene rings is 2. The molecule has 7 heteroatoms. The van der Waals surface area contributed by atoms with Crippen LogP contribution in [0.15, 0.2) is 67.0 Å². The highest BCUT2D eigenvalue weighted by atomic mass is 16.2. The minimum atomic E-state index is -0.250. The van der Waals surface area contributed by atoms with Gasteiger partial charge in [0.1, 0.15) is 0 Å². The zero-order valence-electron chi connectivity index (χ0n) is 17.2. The molecule has 0 aliphatic heterocycles. The van der Waals surface area contributed by atoms with Gasteiger partial charge in [0.2, 0.25) is 5.91 Å². The lowest BCUT2D eigenvalue weighted by Crippen LogP contribution is -2.28. The van der Waals surface area contributed by atoms with Crippen LogP contribution in [0.3, 0.4) is 0 Å². The Balaban J connectivity index is 1.45. The molecule has 0 unspecified atom stereocenters. The Morgan fingerprint density at radius 3 is 2.61 bits per heavy atom. The molecule has 0 bridgehead atoms. The number of nitrogens with one attached hydrogen (secondary N) is 3. The van der Waals surface area contributed by atoms with Gasteiger partial charge in [-0.05, 0) is 11.6 Å². The van der Waals surface area contributed by atoms with Crippen LogP contribution < -0.4 is 10.6 Å². The second-order valence-electron chi connectivity index (χ2n) is 7.14. The number of rotatable bonds is 7. The van der Waals surface area contributed by atoms with Crippen molar-refractivity contribution in [3.8, 4) is 11.4 Å². The molecule has 156 valence electrons. The summed E-state index contributed by atoms with van der Waals surface area (Å²) in [5.74, 6) is 0.219. The molecule has 2 aromatic heterocycles. The average molecular weight is 413 g/mol. The van der Waals surface area contributed by atoms with Crippen LogP contribution in [-0.2, 0) is 17.6 Å². The predicted molar refractivity (Wildman–Crippen MR) is 120 cm³/mol. The summed E-state index contributed by atoms with van der Waals surface area (Å²) < 4.78 is 0. The van der Waals surface area contributed by atoms with Crippen LogP contribution in [0, 0.1) is 0 Å². The Bertz CT molecular complexity index is 1220. The molecule has 4 rings (SSSR count). The van der Waals surface area contributed by atoms with Crippen molar-refractivity contribution in [2.45, 2.75) is 12.8 Å². The van der Waals surface area contributed by atoms with E-state index in [0.717, 1.165) is 22.0 Å². The number of hydrogen-bond donors (Lipinski definition) is 3. The van der Waals surface area contributed by atoms with Gasteiger partial charge in [0.25, 0.3) is 5.91 Å². The van der Waals surface area contributed by atoms with E-state index in [4.69, 9.17) is 0 Å². The lowest BCUT2D eigenvalue weighted by molar-refractivity contribution is -0.120. The van der Waals surface area contributed by atoms with E-state index in [1.54, 1.807) is 7.05 Å². The Morgan fingerprint density at radius 1 is 1.03 bits per heavy atom. The summed E-state index contributed by atoms with van der Waals surface area (Å²) in [6.45, 7) is 0.371. The highest BCUT2D eigenvalue weighted by Gasteiger charge is 2.15. The zero-order chi connectivity index (χ0) is 21.6. The number of carbonyl (C=O) groups is 2. The molecule has 31 heavy (non-hydrogen) atoms. The summed E-state index contributed by atoms with van der Waals surface area (Å²) in [6, 6.07) is 17.5. The van der Waals surface area contributed by atoms with E-state index in [-0.39, 0.29) is 18.2 Å². The molecule has 0 fully saturated rings. The summed E-state index contributed by atoms with van der Waals surface area (Å²) in [5.41, 5.74) is 3.84. The molecule has 2 amide bonds. The first-order valence-corrected chi connectivity index (χ1v) is 10.1. The number of H-pyrrole nitrogens is 1. The van der Waals surface area contributed by atoms with Crippen molar-refractivity contribution in [1.82, 2.24) is 25.6 Å². The monoisotopic (exact) mass is 413 g/mol. The highest BCUT2D eigenvalue weighted by molar-refractivity contribution is 5.95. The standard InChI is InChI=1S/C24H23N5O2/c1-25-24(31)19-15-28-23(16-7-3-2-4-8-16)29-21(19)11-12-26-22(30)13-17-14-27-20-10-6-5-9-18(17)20/h2-10,14-15,27H,11-13H2,1H3,(H,25,31)(H,26,30). The molecule has 0 aliphatic carbocycles. The fraction of sp³-hybridized carbons (Fsp3) is 0.167. The molecule has 0 saturated heterocycles. The van der Waals surface area contributed by atoms with E-state index in [2.05, 4.69) is 25.6 Å². The molecule has 0 radical (unpaired) electrons. The second-order valence-corrected chi connectivity index (χ2v) is 7.14. The van der Waals surface area contributed by atoms with E-state index in [1.165, 1.54) is 6.20 Å². The molecule has 2 aromatic carbocycles. The van der Waals surface area contributed by atoms with Gasteiger partial charge >= 0.3 is 0 Å². The highest BCUT2D eigenvalue weighted by Crippen LogP contribution is 2.18. The average Bonchev–Trinajstić information content (AvgIpc) is 3.22. The molecule has 4 aromatic rings. The van der Waals surface area contributed by atoms with E-state index in [1.807, 2.05) is 60.8 Å². The molecule has 7 nitrogen and oxygen atoms in total. The first-order valence-electron chi connectivity index (χ1n) is 10.1. The third-order valence-corrected chi connectivity index (χ3v) is 5.08. The van der Waals surface area contributed by atoms with Gasteiger partial charge in [-0.25, -0.2) is 9.97 Å². The van der Waals surface area contributed by atoms with Crippen LogP contribution in [-0.4, -0.2) is 40.4 Å². The molecule has 0 aliphatic rings. The molecular formula is C24H23N5O2. The van der Waals surface area contributed by atoms with E-state index >= 15 is 0 Å². The quantitative estimate of drug-likeness (QED) is 0.434. The van der Waals surface area contributed by atoms with Crippen molar-refractivity contribution in [2.75, 3.05) is 13.6 Å². The number of para-hydroxylation sites is 1. The van der Waals surface area contributed by atoms with Gasteiger partial charge in [-0.3, -0.25) is 9.59 Å². The maximum absolute atomic E-state index is 12.5. The summed E-state index contributed by atoms with van der Waals surface area (Å²) >= 11 is 0. The number of aromatic amines is 1. The van der Waals surface area contributed by atoms with Crippen molar-refractivity contribution >= 4 is 22.7 Å². The van der Waals surface area contributed by atoms with Gasteiger partial charge in [0, 0.05) is 48.9 Å². The summed E-state index contributed by atoms with van der Waals surface area (Å²) in [7, 11) is 1.57. The largest absolute Gasteiger partial charge is 0.361 e. The van der Waals surface area contributed by atoms with Crippen molar-refractivity contribution in [3.63, 3.8) is 0 Å². The van der Waals surface area contributed by atoms with Crippen LogP contribution in [0.4, 0.5) is 0 Å². The molecule has 0 atom stereocenters. The number of carbonyl (C=O) groups excluding carboxylic acids is 2. The Labute approximate surface area is 179 Å². The third-order valence-electron chi connectivity index (χ3n) is 5.08. The first-order chi connectivity index (χ1) is 15.2. The molecule has 2 heterocycles. The number of hydrogen-bond acceptors (Lipinski definition) is 4. The van der Waals surface area contributed by atoms with Crippen molar-refractivity contribution in [2.24, 2.45) is 0 Å². The van der Waals surface area contributed by atoms with Crippen molar-refractivity contribution in [1.29, 1.82) is 0 Å². The normalized spacial score (nSPS) is 10.7. The van der Waals surface area contributed by atoms with Crippen LogP contribution in [0.1, 0.15) is 21.6 Å². The van der Waals surface area contributed by atoms with Gasteiger partial charge in [-0.1, -0.05) is 48.5 Å². The fourth-order valence-electron chi connectivity index (χ4n) is 3.49. The molecule has 3 N–H and O–H groups in total. The predicted octanol–water partition coefficient (Wildman–Crippen LogP) is 2.89. The van der Waals surface area contributed by atoms with Crippen molar-refractivity contribution in [3.05, 3.63) is 83.8 Å². The summed E-state index contributed by atoms with van der Waals surface area (Å²) in [4.78, 5) is 36.8. The van der Waals surface area contributed by atoms with Gasteiger partial charge < -0.3 is 15.6 Å². The van der Waals surface area contributed by atoms with Crippen LogP contribution in [0.5, 0.6) is 0 Å². The third kappa shape index (κ3) is 4.61. The van der Waals surface area contributed by atoms with Gasteiger partial charge in [-0.2, -0.15) is 0 Å². The summed E-state index contributed by atoms with van der Waals surface area (Å²) in [6.07, 6.45) is 4.11. The lowest BCUT2D eigenvalue weighted by Gasteiger charge is -2.10. The Kier molecular flexibility index (Phi) is 6.03. The van der Waals surface area contributed by atoms with Gasteiger partial charge in [-0.15, -0.1) is 0 Å². The topological polar surface area (TPSA) is 99.8 Å². The summed E-state index contributed by atoms with van der Waals surface area (Å²) in [5, 5.41) is 6.59. The van der Waals surface area contributed by atoms with Crippen molar-refractivity contribution < 1.29 is 9.59 Å².